The van der Waals surface area contributed by atoms with Crippen molar-refractivity contribution in [1.29, 1.82) is 0 Å². The van der Waals surface area contributed by atoms with E-state index in [1.165, 1.54) is 38.5 Å². The topological polar surface area (TPSA) is 12.0 Å². The smallest absolute Gasteiger partial charge is 0.0337 e. The van der Waals surface area contributed by atoms with Gasteiger partial charge in [0.2, 0.25) is 0 Å². The van der Waals surface area contributed by atoms with Crippen molar-refractivity contribution in [3.05, 3.63) is 31.7 Å². The Balaban J connectivity index is 2.60. The highest BCUT2D eigenvalue weighted by Crippen LogP contribution is 2.44. The van der Waals surface area contributed by atoms with E-state index in [0.717, 1.165) is 6.42 Å². The van der Waals surface area contributed by atoms with Gasteiger partial charge in [0.05, 0.1) is 0 Å². The summed E-state index contributed by atoms with van der Waals surface area (Å²) in [5, 5.41) is 3.50. The van der Waals surface area contributed by atoms with Gasteiger partial charge in [-0.3, -0.25) is 0 Å². The van der Waals surface area contributed by atoms with Gasteiger partial charge in [-0.15, -0.1) is 0 Å². The van der Waals surface area contributed by atoms with Crippen molar-refractivity contribution < 1.29 is 0 Å². The lowest BCUT2D eigenvalue weighted by atomic mass is 9.83. The fourth-order valence-electron chi connectivity index (χ4n) is 2.90. The second kappa shape index (κ2) is 5.26. The van der Waals surface area contributed by atoms with Crippen molar-refractivity contribution >= 4 is 31.9 Å². The molecule has 0 fully saturated rings. The SMILES string of the molecule is CNC1CC(C)(C)CCc2c(Br)cc(C)c(Br)c21. The zero-order valence-corrected chi connectivity index (χ0v) is 14.7. The van der Waals surface area contributed by atoms with Crippen molar-refractivity contribution in [1.82, 2.24) is 5.32 Å². The Morgan fingerprint density at radius 2 is 2.00 bits per heavy atom. The van der Waals surface area contributed by atoms with Crippen LogP contribution < -0.4 is 5.32 Å². The first kappa shape index (κ1) is 14.5. The Bertz CT molecular complexity index is 466. The maximum Gasteiger partial charge on any atom is 0.0337 e. The van der Waals surface area contributed by atoms with Gasteiger partial charge >= 0.3 is 0 Å². The van der Waals surface area contributed by atoms with Crippen LogP contribution in [0.2, 0.25) is 0 Å². The predicted octanol–water partition coefficient (Wildman–Crippen LogP) is 5.14. The number of halogens is 2. The highest BCUT2D eigenvalue weighted by atomic mass is 79.9. The molecule has 100 valence electrons. The summed E-state index contributed by atoms with van der Waals surface area (Å²) in [6.45, 7) is 6.91. The van der Waals surface area contributed by atoms with Crippen LogP contribution >= 0.6 is 31.9 Å². The Morgan fingerprint density at radius 1 is 1.33 bits per heavy atom. The summed E-state index contributed by atoms with van der Waals surface area (Å²) in [5.41, 5.74) is 4.62. The molecule has 1 N–H and O–H groups in total. The lowest BCUT2D eigenvalue weighted by Gasteiger charge is -2.27. The number of rotatable bonds is 1. The first-order chi connectivity index (χ1) is 8.35. The summed E-state index contributed by atoms with van der Waals surface area (Å²) in [7, 11) is 2.07. The second-order valence-electron chi connectivity index (χ2n) is 6.09. The van der Waals surface area contributed by atoms with E-state index in [0.29, 0.717) is 11.5 Å². The van der Waals surface area contributed by atoms with Crippen LogP contribution in [0.4, 0.5) is 0 Å². The molecule has 0 radical (unpaired) electrons. The van der Waals surface area contributed by atoms with Crippen molar-refractivity contribution in [3.8, 4) is 0 Å². The van der Waals surface area contributed by atoms with E-state index in [1.54, 1.807) is 0 Å². The van der Waals surface area contributed by atoms with Gasteiger partial charge in [-0.05, 0) is 61.4 Å². The highest BCUT2D eigenvalue weighted by Gasteiger charge is 2.31. The van der Waals surface area contributed by atoms with Gasteiger partial charge in [-0.2, -0.15) is 0 Å². The number of hydrogen-bond acceptors (Lipinski definition) is 1. The molecule has 0 saturated carbocycles. The molecule has 18 heavy (non-hydrogen) atoms. The van der Waals surface area contributed by atoms with Crippen LogP contribution in [0.15, 0.2) is 15.0 Å². The Kier molecular flexibility index (Phi) is 4.25. The van der Waals surface area contributed by atoms with Crippen molar-refractivity contribution in [3.63, 3.8) is 0 Å². The van der Waals surface area contributed by atoms with Gasteiger partial charge in [0.1, 0.15) is 0 Å². The lowest BCUT2D eigenvalue weighted by Crippen LogP contribution is -2.23. The van der Waals surface area contributed by atoms with E-state index in [4.69, 9.17) is 0 Å². The minimum absolute atomic E-state index is 0.388. The van der Waals surface area contributed by atoms with Gasteiger partial charge in [0.25, 0.3) is 0 Å². The van der Waals surface area contributed by atoms with Crippen molar-refractivity contribution in [2.24, 2.45) is 5.41 Å². The summed E-state index contributed by atoms with van der Waals surface area (Å²) in [5.74, 6) is 0. The third-order valence-electron chi connectivity index (χ3n) is 4.04. The molecule has 0 bridgehead atoms. The molecule has 1 aliphatic rings. The van der Waals surface area contributed by atoms with E-state index in [9.17, 15) is 0 Å². The van der Waals surface area contributed by atoms with Crippen molar-refractivity contribution in [2.75, 3.05) is 7.05 Å². The zero-order chi connectivity index (χ0) is 13.5. The molecular weight excluding hydrogens is 354 g/mol. The van der Waals surface area contributed by atoms with Gasteiger partial charge in [0.15, 0.2) is 0 Å². The third-order valence-corrected chi connectivity index (χ3v) is 5.80. The molecule has 0 heterocycles. The summed E-state index contributed by atoms with van der Waals surface area (Å²) < 4.78 is 2.54. The number of fused-ring (bicyclic) bond motifs is 1. The van der Waals surface area contributed by atoms with Gasteiger partial charge in [0, 0.05) is 15.0 Å². The standard InChI is InChI=1S/C15H21Br2N/c1-9-7-11(16)10-5-6-15(2,3)8-12(18-4)13(10)14(9)17/h7,12,18H,5-6,8H2,1-4H3. The van der Waals surface area contributed by atoms with Crippen LogP contribution in [0.3, 0.4) is 0 Å². The summed E-state index contributed by atoms with van der Waals surface area (Å²) >= 11 is 7.54. The fourth-order valence-corrected chi connectivity index (χ4v) is 4.28. The molecule has 1 aromatic carbocycles. The number of benzene rings is 1. The summed E-state index contributed by atoms with van der Waals surface area (Å²) in [6, 6.07) is 2.66. The molecule has 2 rings (SSSR count). The number of aryl methyl sites for hydroxylation is 1. The maximum atomic E-state index is 3.79. The first-order valence-electron chi connectivity index (χ1n) is 6.50. The van der Waals surface area contributed by atoms with Gasteiger partial charge in [-0.1, -0.05) is 45.7 Å². The quantitative estimate of drug-likeness (QED) is 0.670. The highest BCUT2D eigenvalue weighted by molar-refractivity contribution is 9.11. The maximum absolute atomic E-state index is 3.79. The fraction of sp³-hybridized carbons (Fsp3) is 0.600. The minimum atomic E-state index is 0.388. The molecule has 1 atom stereocenters. The van der Waals surface area contributed by atoms with Crippen LogP contribution in [-0.2, 0) is 6.42 Å². The van der Waals surface area contributed by atoms with Crippen LogP contribution in [-0.4, -0.2) is 7.05 Å². The van der Waals surface area contributed by atoms with E-state index in [1.807, 2.05) is 0 Å². The summed E-state index contributed by atoms with van der Waals surface area (Å²) in [4.78, 5) is 0. The molecule has 0 spiro atoms. The average molecular weight is 375 g/mol. The van der Waals surface area contributed by atoms with Crippen LogP contribution in [0.5, 0.6) is 0 Å². The number of nitrogens with one attached hydrogen (secondary N) is 1. The molecular formula is C15H21Br2N. The van der Waals surface area contributed by atoms with Crippen molar-refractivity contribution in [2.45, 2.75) is 46.1 Å². The molecule has 1 unspecified atom stereocenters. The molecule has 3 heteroatoms. The van der Waals surface area contributed by atoms with Crippen LogP contribution in [0.1, 0.15) is 49.4 Å². The Morgan fingerprint density at radius 3 is 2.61 bits per heavy atom. The first-order valence-corrected chi connectivity index (χ1v) is 8.09. The number of hydrogen-bond donors (Lipinski definition) is 1. The van der Waals surface area contributed by atoms with E-state index in [-0.39, 0.29) is 0 Å². The van der Waals surface area contributed by atoms with Gasteiger partial charge in [-0.25, -0.2) is 0 Å². The normalized spacial score (nSPS) is 22.4. The summed E-state index contributed by atoms with van der Waals surface area (Å²) in [6.07, 6.45) is 3.58. The average Bonchev–Trinajstić information content (AvgIpc) is 2.42. The predicted molar refractivity (Wildman–Crippen MR) is 85.1 cm³/mol. The molecule has 1 aliphatic carbocycles. The largest absolute Gasteiger partial charge is 0.313 e. The lowest BCUT2D eigenvalue weighted by molar-refractivity contribution is 0.279. The van der Waals surface area contributed by atoms with Crippen LogP contribution in [0.25, 0.3) is 0 Å². The molecule has 1 aromatic rings. The van der Waals surface area contributed by atoms with E-state index >= 15 is 0 Å². The van der Waals surface area contributed by atoms with Gasteiger partial charge < -0.3 is 5.32 Å². The molecule has 0 aliphatic heterocycles. The monoisotopic (exact) mass is 373 g/mol. The zero-order valence-electron chi connectivity index (χ0n) is 11.5. The molecule has 0 aromatic heterocycles. The molecule has 1 nitrogen and oxygen atoms in total. The van der Waals surface area contributed by atoms with E-state index < -0.39 is 0 Å². The molecule has 0 saturated heterocycles. The molecule has 0 amide bonds. The van der Waals surface area contributed by atoms with E-state index in [2.05, 4.69) is 71.1 Å². The Hall–Kier alpha value is 0.140. The Labute approximate surface area is 127 Å². The second-order valence-corrected chi connectivity index (χ2v) is 7.74. The third kappa shape index (κ3) is 2.68. The minimum Gasteiger partial charge on any atom is -0.313 e. The van der Waals surface area contributed by atoms with Crippen LogP contribution in [0, 0.1) is 12.3 Å².